The third kappa shape index (κ3) is 4.83. The van der Waals surface area contributed by atoms with Gasteiger partial charge in [-0.3, -0.25) is 0 Å². The largest absolute Gasteiger partial charge is 0.304 e. The summed E-state index contributed by atoms with van der Waals surface area (Å²) in [5, 5.41) is 0.753. The van der Waals surface area contributed by atoms with Crippen LogP contribution in [0, 0.1) is 11.8 Å². The van der Waals surface area contributed by atoms with Crippen LogP contribution < -0.4 is 0 Å². The van der Waals surface area contributed by atoms with E-state index < -0.39 is 6.17 Å². The fourth-order valence-electron chi connectivity index (χ4n) is 3.91. The highest BCUT2D eigenvalue weighted by molar-refractivity contribution is 6.30. The van der Waals surface area contributed by atoms with E-state index in [1.165, 1.54) is 11.1 Å². The van der Waals surface area contributed by atoms with Crippen molar-refractivity contribution in [3.8, 4) is 0 Å². The van der Waals surface area contributed by atoms with E-state index in [9.17, 15) is 4.39 Å². The fraction of sp³-hybridized carbons (Fsp3) is 0.619. The van der Waals surface area contributed by atoms with Crippen LogP contribution in [-0.2, 0) is 0 Å². The molecule has 0 spiro atoms. The molecule has 0 heterocycles. The lowest BCUT2D eigenvalue weighted by Crippen LogP contribution is -2.41. The molecule has 1 aromatic carbocycles. The molecule has 0 saturated heterocycles. The molecule has 1 aliphatic rings. The zero-order chi connectivity index (χ0) is 17.9. The van der Waals surface area contributed by atoms with Gasteiger partial charge in [0.1, 0.15) is 6.17 Å². The number of halogens is 2. The first kappa shape index (κ1) is 19.5. The summed E-state index contributed by atoms with van der Waals surface area (Å²) in [6.45, 7) is 8.72. The van der Waals surface area contributed by atoms with Gasteiger partial charge in [0.25, 0.3) is 0 Å². The van der Waals surface area contributed by atoms with Gasteiger partial charge in [-0.2, -0.15) is 0 Å². The molecule has 1 aromatic rings. The molecule has 24 heavy (non-hydrogen) atoms. The topological polar surface area (TPSA) is 3.24 Å². The Morgan fingerprint density at radius 2 is 1.88 bits per heavy atom. The highest BCUT2D eigenvalue weighted by atomic mass is 35.5. The zero-order valence-electron chi connectivity index (χ0n) is 15.4. The lowest BCUT2D eigenvalue weighted by atomic mass is 9.74. The molecule has 2 rings (SSSR count). The normalized spacial score (nSPS) is 25.9. The molecular weight excluding hydrogens is 321 g/mol. The molecule has 1 aliphatic carbocycles. The van der Waals surface area contributed by atoms with Crippen molar-refractivity contribution in [2.24, 2.45) is 11.8 Å². The number of benzene rings is 1. The molecule has 1 nitrogen and oxygen atoms in total. The summed E-state index contributed by atoms with van der Waals surface area (Å²) in [4.78, 5) is 2.03. The molecule has 3 heteroatoms. The molecule has 4 atom stereocenters. The summed E-state index contributed by atoms with van der Waals surface area (Å²) >= 11 is 6.04. The lowest BCUT2D eigenvalue weighted by molar-refractivity contribution is 0.0826. The van der Waals surface area contributed by atoms with Crippen LogP contribution in [-0.4, -0.2) is 31.2 Å². The highest BCUT2D eigenvalue weighted by Gasteiger charge is 2.33. The van der Waals surface area contributed by atoms with Crippen LogP contribution in [0.5, 0.6) is 0 Å². The molecule has 0 aromatic heterocycles. The van der Waals surface area contributed by atoms with Gasteiger partial charge in [0.05, 0.1) is 0 Å². The van der Waals surface area contributed by atoms with E-state index in [1.54, 1.807) is 0 Å². The van der Waals surface area contributed by atoms with Gasteiger partial charge in [0, 0.05) is 17.0 Å². The second-order valence-corrected chi connectivity index (χ2v) is 8.23. The van der Waals surface area contributed by atoms with Crippen LogP contribution in [0.15, 0.2) is 36.4 Å². The first-order valence-corrected chi connectivity index (χ1v) is 9.42. The third-order valence-corrected chi connectivity index (χ3v) is 5.79. The molecular formula is C21H31ClFN. The van der Waals surface area contributed by atoms with Crippen molar-refractivity contribution in [3.63, 3.8) is 0 Å². The number of alkyl halides is 1. The van der Waals surface area contributed by atoms with Crippen LogP contribution in [0.2, 0.25) is 5.02 Å². The Morgan fingerprint density at radius 3 is 2.38 bits per heavy atom. The molecule has 1 saturated carbocycles. The standard InChI is InChI=1S/C21H31ClFN/c1-14(2)15(3)19(17-7-9-18(22)10-8-17)12-16-6-11-21(24(4)5)20(23)13-16/h7-10,14,16,19-21H,3,6,11-13H2,1-2,4-5H3/t16?,19?,20-,21+/m0/s1. The SMILES string of the molecule is C=C(C(C)C)C(CC1CC[C@@H](N(C)C)[C@@H](F)C1)c1ccc(Cl)cc1. The van der Waals surface area contributed by atoms with Gasteiger partial charge in [0.15, 0.2) is 0 Å². The molecule has 0 radical (unpaired) electrons. The first-order valence-electron chi connectivity index (χ1n) is 9.04. The lowest BCUT2D eigenvalue weighted by Gasteiger charge is -2.37. The van der Waals surface area contributed by atoms with Gasteiger partial charge in [0.2, 0.25) is 0 Å². The van der Waals surface area contributed by atoms with Gasteiger partial charge >= 0.3 is 0 Å². The molecule has 2 unspecified atom stereocenters. The maximum Gasteiger partial charge on any atom is 0.116 e. The number of hydrogen-bond acceptors (Lipinski definition) is 1. The van der Waals surface area contributed by atoms with Crippen molar-refractivity contribution in [1.82, 2.24) is 4.90 Å². The minimum absolute atomic E-state index is 0.0727. The predicted octanol–water partition coefficient (Wildman–Crippen LogP) is 6.09. The van der Waals surface area contributed by atoms with E-state index in [2.05, 4.69) is 32.6 Å². The smallest absolute Gasteiger partial charge is 0.116 e. The second-order valence-electron chi connectivity index (χ2n) is 7.80. The third-order valence-electron chi connectivity index (χ3n) is 5.54. The number of nitrogens with zero attached hydrogens (tertiary/aromatic N) is 1. The molecule has 134 valence electrons. The quantitative estimate of drug-likeness (QED) is 0.560. The van der Waals surface area contributed by atoms with Crippen molar-refractivity contribution >= 4 is 11.6 Å². The second kappa shape index (κ2) is 8.49. The van der Waals surface area contributed by atoms with E-state index in [0.29, 0.717) is 18.3 Å². The average molecular weight is 352 g/mol. The van der Waals surface area contributed by atoms with Gasteiger partial charge in [-0.05, 0) is 69.3 Å². The Hall–Kier alpha value is -0.860. The van der Waals surface area contributed by atoms with Gasteiger partial charge < -0.3 is 4.90 Å². The monoisotopic (exact) mass is 351 g/mol. The minimum atomic E-state index is -0.725. The summed E-state index contributed by atoms with van der Waals surface area (Å²) in [5.74, 6) is 1.13. The van der Waals surface area contributed by atoms with E-state index >= 15 is 0 Å². The van der Waals surface area contributed by atoms with Crippen molar-refractivity contribution < 1.29 is 4.39 Å². The van der Waals surface area contributed by atoms with E-state index in [1.807, 2.05) is 31.1 Å². The van der Waals surface area contributed by atoms with Gasteiger partial charge in [-0.1, -0.05) is 49.7 Å². The van der Waals surface area contributed by atoms with E-state index in [4.69, 9.17) is 11.6 Å². The Labute approximate surface area is 151 Å². The van der Waals surface area contributed by atoms with Crippen molar-refractivity contribution in [3.05, 3.63) is 47.0 Å². The zero-order valence-corrected chi connectivity index (χ0v) is 16.2. The molecule has 0 aliphatic heterocycles. The predicted molar refractivity (Wildman–Crippen MR) is 103 cm³/mol. The molecule has 0 amide bonds. The average Bonchev–Trinajstić information content (AvgIpc) is 2.52. The fourth-order valence-corrected chi connectivity index (χ4v) is 4.03. The number of rotatable bonds is 6. The Balaban J connectivity index is 2.12. The van der Waals surface area contributed by atoms with Gasteiger partial charge in [-0.25, -0.2) is 4.39 Å². The van der Waals surface area contributed by atoms with Crippen molar-refractivity contribution in [2.75, 3.05) is 14.1 Å². The molecule has 1 fully saturated rings. The van der Waals surface area contributed by atoms with Crippen LogP contribution in [0.1, 0.15) is 51.0 Å². The maximum atomic E-state index is 14.5. The van der Waals surface area contributed by atoms with Crippen LogP contribution in [0.25, 0.3) is 0 Å². The van der Waals surface area contributed by atoms with Crippen LogP contribution >= 0.6 is 11.6 Å². The summed E-state index contributed by atoms with van der Waals surface area (Å²) in [6.07, 6.45) is 2.97. The molecule has 0 N–H and O–H groups in total. The Morgan fingerprint density at radius 1 is 1.25 bits per heavy atom. The van der Waals surface area contributed by atoms with Crippen LogP contribution in [0.3, 0.4) is 0 Å². The summed E-state index contributed by atoms with van der Waals surface area (Å²) in [5.41, 5.74) is 2.49. The van der Waals surface area contributed by atoms with Crippen molar-refractivity contribution in [1.29, 1.82) is 0 Å². The van der Waals surface area contributed by atoms with Crippen molar-refractivity contribution in [2.45, 2.75) is 57.7 Å². The molecule has 0 bridgehead atoms. The van der Waals surface area contributed by atoms with Gasteiger partial charge in [-0.15, -0.1) is 0 Å². The number of hydrogen-bond donors (Lipinski definition) is 0. The Bertz CT molecular complexity index is 537. The highest BCUT2D eigenvalue weighted by Crippen LogP contribution is 2.40. The van der Waals surface area contributed by atoms with E-state index in [-0.39, 0.29) is 12.0 Å². The number of allylic oxidation sites excluding steroid dienone is 1. The summed E-state index contributed by atoms with van der Waals surface area (Å²) in [6, 6.07) is 8.15. The van der Waals surface area contributed by atoms with Crippen LogP contribution in [0.4, 0.5) is 4.39 Å². The Kier molecular flexibility index (Phi) is 6.88. The minimum Gasteiger partial charge on any atom is -0.304 e. The summed E-state index contributed by atoms with van der Waals surface area (Å²) < 4.78 is 14.5. The summed E-state index contributed by atoms with van der Waals surface area (Å²) in [7, 11) is 3.96. The first-order chi connectivity index (χ1) is 11.3. The maximum absolute atomic E-state index is 14.5. The van der Waals surface area contributed by atoms with E-state index in [0.717, 1.165) is 24.3 Å².